The van der Waals surface area contributed by atoms with Gasteiger partial charge in [-0.3, -0.25) is 19.2 Å². The van der Waals surface area contributed by atoms with Gasteiger partial charge in [-0.25, -0.2) is 13.8 Å². The Balaban J connectivity index is 1.81. The van der Waals surface area contributed by atoms with Crippen LogP contribution in [-0.4, -0.2) is 39.1 Å². The van der Waals surface area contributed by atoms with E-state index in [0.29, 0.717) is 11.3 Å². The van der Waals surface area contributed by atoms with Crippen LogP contribution >= 0.6 is 0 Å². The number of carbonyl (C=O) groups is 1. The maximum absolute atomic E-state index is 13.3. The van der Waals surface area contributed by atoms with Crippen LogP contribution in [0.1, 0.15) is 11.1 Å². The zero-order valence-corrected chi connectivity index (χ0v) is 19.2. The van der Waals surface area contributed by atoms with Crippen molar-refractivity contribution in [3.63, 3.8) is 0 Å². The Hall–Kier alpha value is -4.25. The van der Waals surface area contributed by atoms with Gasteiger partial charge in [0.05, 0.1) is 28.8 Å². The van der Waals surface area contributed by atoms with E-state index in [9.17, 15) is 23.3 Å². The highest BCUT2D eigenvalue weighted by Crippen LogP contribution is 2.27. The zero-order chi connectivity index (χ0) is 24.7. The summed E-state index contributed by atoms with van der Waals surface area (Å²) in [6.07, 6.45) is 1.22. The van der Waals surface area contributed by atoms with Crippen molar-refractivity contribution in [1.82, 2.24) is 5.43 Å². The lowest BCUT2D eigenvalue weighted by molar-refractivity contribution is -0.385. The summed E-state index contributed by atoms with van der Waals surface area (Å²) in [6, 6.07) is 18.7. The molecular weight excluding hydrogens is 460 g/mol. The summed E-state index contributed by atoms with van der Waals surface area (Å²) >= 11 is 0. The number of nitrogens with one attached hydrogen (secondary N) is 1. The fourth-order valence-corrected chi connectivity index (χ4v) is 4.53. The number of hydrogen-bond acceptors (Lipinski definition) is 7. The number of benzene rings is 3. The molecule has 0 heterocycles. The second-order valence-electron chi connectivity index (χ2n) is 7.15. The van der Waals surface area contributed by atoms with E-state index >= 15 is 0 Å². The SMILES string of the molecule is COc1ccc(/C=N\NC(=O)CN(c2cccc(C)c2)S(=O)(=O)c2ccccc2)cc1[N+](=O)[O-]. The van der Waals surface area contributed by atoms with Crippen LogP contribution in [0.5, 0.6) is 5.75 Å². The Morgan fingerprint density at radius 1 is 1.12 bits per heavy atom. The largest absolute Gasteiger partial charge is 0.490 e. The Labute approximate surface area is 196 Å². The van der Waals surface area contributed by atoms with E-state index in [4.69, 9.17) is 4.74 Å². The van der Waals surface area contributed by atoms with Gasteiger partial charge in [-0.15, -0.1) is 0 Å². The molecule has 0 unspecified atom stereocenters. The summed E-state index contributed by atoms with van der Waals surface area (Å²) in [4.78, 5) is 23.2. The lowest BCUT2D eigenvalue weighted by Crippen LogP contribution is -2.39. The first-order valence-electron chi connectivity index (χ1n) is 10.0. The number of sulfonamides is 1. The molecule has 0 aliphatic carbocycles. The molecule has 3 aromatic carbocycles. The molecular formula is C23H22N4O6S. The average molecular weight is 483 g/mol. The summed E-state index contributed by atoms with van der Waals surface area (Å²) < 4.78 is 32.5. The molecule has 0 aliphatic heterocycles. The van der Waals surface area contributed by atoms with Gasteiger partial charge in [-0.1, -0.05) is 30.3 Å². The predicted molar refractivity (Wildman–Crippen MR) is 128 cm³/mol. The maximum Gasteiger partial charge on any atom is 0.311 e. The third-order valence-electron chi connectivity index (χ3n) is 4.71. The highest BCUT2D eigenvalue weighted by molar-refractivity contribution is 7.92. The van der Waals surface area contributed by atoms with E-state index in [1.165, 1.54) is 43.7 Å². The number of methoxy groups -OCH3 is 1. The number of hydrogen-bond donors (Lipinski definition) is 1. The monoisotopic (exact) mass is 482 g/mol. The van der Waals surface area contributed by atoms with Crippen molar-refractivity contribution >= 4 is 33.5 Å². The molecule has 10 nitrogen and oxygen atoms in total. The van der Waals surface area contributed by atoms with Crippen LogP contribution in [0.15, 0.2) is 82.8 Å². The van der Waals surface area contributed by atoms with Gasteiger partial charge < -0.3 is 4.74 Å². The Morgan fingerprint density at radius 3 is 2.50 bits per heavy atom. The van der Waals surface area contributed by atoms with Crippen LogP contribution in [0.2, 0.25) is 0 Å². The maximum atomic E-state index is 13.3. The van der Waals surface area contributed by atoms with E-state index in [0.717, 1.165) is 9.87 Å². The number of aryl methyl sites for hydroxylation is 1. The number of nitro benzene ring substituents is 1. The van der Waals surface area contributed by atoms with Crippen molar-refractivity contribution < 1.29 is 22.9 Å². The Kier molecular flexibility index (Phi) is 7.59. The number of nitrogens with zero attached hydrogens (tertiary/aromatic N) is 3. The molecule has 0 atom stereocenters. The Morgan fingerprint density at radius 2 is 1.85 bits per heavy atom. The van der Waals surface area contributed by atoms with E-state index in [1.54, 1.807) is 36.4 Å². The minimum Gasteiger partial charge on any atom is -0.490 e. The van der Waals surface area contributed by atoms with Gasteiger partial charge in [-0.2, -0.15) is 5.10 Å². The number of hydrazone groups is 1. The lowest BCUT2D eigenvalue weighted by atomic mass is 10.2. The topological polar surface area (TPSA) is 131 Å². The van der Waals surface area contributed by atoms with E-state index in [1.807, 2.05) is 13.0 Å². The molecule has 11 heteroatoms. The van der Waals surface area contributed by atoms with Crippen LogP contribution < -0.4 is 14.5 Å². The third-order valence-corrected chi connectivity index (χ3v) is 6.50. The van der Waals surface area contributed by atoms with Gasteiger partial charge in [0.25, 0.3) is 15.9 Å². The van der Waals surface area contributed by atoms with Gasteiger partial charge >= 0.3 is 5.69 Å². The van der Waals surface area contributed by atoms with E-state index in [2.05, 4.69) is 10.5 Å². The van der Waals surface area contributed by atoms with Crippen molar-refractivity contribution in [3.8, 4) is 5.75 Å². The van der Waals surface area contributed by atoms with Gasteiger partial charge in [0.15, 0.2) is 5.75 Å². The molecule has 176 valence electrons. The molecule has 1 amide bonds. The second-order valence-corrected chi connectivity index (χ2v) is 9.01. The van der Waals surface area contributed by atoms with E-state index in [-0.39, 0.29) is 16.3 Å². The number of rotatable bonds is 9. The molecule has 0 radical (unpaired) electrons. The van der Waals surface area contributed by atoms with Crippen LogP contribution in [0.4, 0.5) is 11.4 Å². The molecule has 0 saturated heterocycles. The number of anilines is 1. The number of carbonyl (C=O) groups excluding carboxylic acids is 1. The molecule has 0 bridgehead atoms. The molecule has 1 N–H and O–H groups in total. The van der Waals surface area contributed by atoms with Gasteiger partial charge in [-0.05, 0) is 48.9 Å². The van der Waals surface area contributed by atoms with Gasteiger partial charge in [0, 0.05) is 11.6 Å². The molecule has 0 aromatic heterocycles. The number of ether oxygens (including phenoxy) is 1. The molecule has 34 heavy (non-hydrogen) atoms. The van der Waals surface area contributed by atoms with Crippen LogP contribution in [0, 0.1) is 17.0 Å². The van der Waals surface area contributed by atoms with Crippen molar-refractivity contribution in [2.45, 2.75) is 11.8 Å². The van der Waals surface area contributed by atoms with Gasteiger partial charge in [0.2, 0.25) is 0 Å². The molecule has 0 aliphatic rings. The standard InChI is InChI=1S/C23H22N4O6S/c1-17-7-6-8-19(13-17)26(34(31,32)20-9-4-3-5-10-20)16-23(28)25-24-15-18-11-12-22(33-2)21(14-18)27(29)30/h3-15H,16H2,1-2H3,(H,25,28)/b24-15-. The minimum absolute atomic E-state index is 0.0401. The average Bonchev–Trinajstić information content (AvgIpc) is 2.83. The van der Waals surface area contributed by atoms with Crippen molar-refractivity contribution in [2.24, 2.45) is 5.10 Å². The summed E-state index contributed by atoms with van der Waals surface area (Å²) in [6.45, 7) is 1.29. The predicted octanol–water partition coefficient (Wildman–Crippen LogP) is 3.26. The summed E-state index contributed by atoms with van der Waals surface area (Å²) in [7, 11) is -2.71. The van der Waals surface area contributed by atoms with Crippen molar-refractivity contribution in [3.05, 3.63) is 94.0 Å². The fraction of sp³-hybridized carbons (Fsp3) is 0.130. The zero-order valence-electron chi connectivity index (χ0n) is 18.4. The highest BCUT2D eigenvalue weighted by atomic mass is 32.2. The quantitative estimate of drug-likeness (QED) is 0.283. The first kappa shape index (κ1) is 24.4. The normalized spacial score (nSPS) is 11.2. The smallest absolute Gasteiger partial charge is 0.311 e. The second kappa shape index (κ2) is 10.6. The lowest BCUT2D eigenvalue weighted by Gasteiger charge is -2.24. The van der Waals surface area contributed by atoms with Gasteiger partial charge in [0.1, 0.15) is 6.54 Å². The summed E-state index contributed by atoms with van der Waals surface area (Å²) in [5.41, 5.74) is 3.52. The van der Waals surface area contributed by atoms with Crippen LogP contribution in [0.3, 0.4) is 0 Å². The first-order chi connectivity index (χ1) is 16.2. The fourth-order valence-electron chi connectivity index (χ4n) is 3.09. The molecule has 0 saturated carbocycles. The summed E-state index contributed by atoms with van der Waals surface area (Å²) in [5, 5.41) is 15.0. The molecule has 3 rings (SSSR count). The Bertz CT molecular complexity index is 1330. The third kappa shape index (κ3) is 5.75. The van der Waals surface area contributed by atoms with E-state index < -0.39 is 27.4 Å². The molecule has 3 aromatic rings. The van der Waals surface area contributed by atoms with Crippen molar-refractivity contribution in [1.29, 1.82) is 0 Å². The highest BCUT2D eigenvalue weighted by Gasteiger charge is 2.27. The number of nitro groups is 1. The van der Waals surface area contributed by atoms with Crippen molar-refractivity contribution in [2.75, 3.05) is 18.0 Å². The number of amides is 1. The van der Waals surface area contributed by atoms with Crippen LogP contribution in [-0.2, 0) is 14.8 Å². The molecule has 0 fully saturated rings. The van der Waals surface area contributed by atoms with Crippen LogP contribution in [0.25, 0.3) is 0 Å². The minimum atomic E-state index is -4.03. The first-order valence-corrected chi connectivity index (χ1v) is 11.4. The summed E-state index contributed by atoms with van der Waals surface area (Å²) in [5.74, 6) is -0.605. The molecule has 0 spiro atoms.